The molecule has 0 spiro atoms. The normalized spacial score (nSPS) is 10.7. The molecule has 0 fully saturated rings. The second-order valence-corrected chi connectivity index (χ2v) is 4.75. The Labute approximate surface area is 112 Å². The van der Waals surface area contributed by atoms with Gasteiger partial charge in [0.15, 0.2) is 0 Å². The van der Waals surface area contributed by atoms with E-state index in [1.165, 1.54) is 5.56 Å². The molecule has 0 aliphatic rings. The number of nitrogen functional groups attached to an aromatic ring is 2. The van der Waals surface area contributed by atoms with Gasteiger partial charge < -0.3 is 16.8 Å². The van der Waals surface area contributed by atoms with Crippen molar-refractivity contribution in [3.8, 4) is 0 Å². The summed E-state index contributed by atoms with van der Waals surface area (Å²) in [5.74, 6) is 0.958. The Morgan fingerprint density at radius 1 is 1.05 bits per heavy atom. The lowest BCUT2D eigenvalue weighted by atomic mass is 9.99. The fourth-order valence-electron chi connectivity index (χ4n) is 1.87. The Hall–Kier alpha value is -2.37. The fourth-order valence-corrected chi connectivity index (χ4v) is 1.87. The van der Waals surface area contributed by atoms with Crippen LogP contribution in [0.4, 0.5) is 23.5 Å². The van der Waals surface area contributed by atoms with E-state index >= 15 is 0 Å². The largest absolute Gasteiger partial charge is 0.368 e. The van der Waals surface area contributed by atoms with Crippen molar-refractivity contribution < 1.29 is 0 Å². The molecule has 19 heavy (non-hydrogen) atoms. The van der Waals surface area contributed by atoms with E-state index in [1.807, 2.05) is 13.0 Å². The Morgan fingerprint density at radius 3 is 2.26 bits per heavy atom. The summed E-state index contributed by atoms with van der Waals surface area (Å²) in [6.45, 7) is 6.30. The van der Waals surface area contributed by atoms with Gasteiger partial charge in [0.2, 0.25) is 17.8 Å². The molecule has 2 aromatic rings. The first-order valence-corrected chi connectivity index (χ1v) is 6.10. The van der Waals surface area contributed by atoms with Crippen LogP contribution in [0.5, 0.6) is 0 Å². The summed E-state index contributed by atoms with van der Waals surface area (Å²) < 4.78 is 0. The maximum atomic E-state index is 5.56. The zero-order valence-electron chi connectivity index (χ0n) is 11.3. The van der Waals surface area contributed by atoms with E-state index in [4.69, 9.17) is 11.5 Å². The zero-order valence-corrected chi connectivity index (χ0v) is 11.3. The van der Waals surface area contributed by atoms with Crippen LogP contribution in [0, 0.1) is 6.92 Å². The van der Waals surface area contributed by atoms with Gasteiger partial charge in [0, 0.05) is 5.69 Å². The van der Waals surface area contributed by atoms with Crippen LogP contribution in [-0.2, 0) is 0 Å². The Morgan fingerprint density at radius 2 is 1.68 bits per heavy atom. The molecule has 6 heteroatoms. The molecule has 5 N–H and O–H groups in total. The van der Waals surface area contributed by atoms with Crippen molar-refractivity contribution >= 4 is 23.5 Å². The molecule has 0 unspecified atom stereocenters. The van der Waals surface area contributed by atoms with Gasteiger partial charge in [-0.05, 0) is 30.0 Å². The summed E-state index contributed by atoms with van der Waals surface area (Å²) in [6, 6.07) is 6.22. The first-order chi connectivity index (χ1) is 8.95. The number of aryl methyl sites for hydroxylation is 1. The predicted octanol–water partition coefficient (Wildman–Crippen LogP) is 2.21. The molecular formula is C13H18N6. The van der Waals surface area contributed by atoms with E-state index in [2.05, 4.69) is 46.2 Å². The van der Waals surface area contributed by atoms with Crippen LogP contribution in [-0.4, -0.2) is 15.0 Å². The van der Waals surface area contributed by atoms with Crippen LogP contribution in [0.2, 0.25) is 0 Å². The number of nitrogens with one attached hydrogen (secondary N) is 1. The summed E-state index contributed by atoms with van der Waals surface area (Å²) in [4.78, 5) is 11.8. The standard InChI is InChI=1S/C13H18N6/c1-7(2)9-5-4-8(3)6-10(9)16-13-18-11(14)17-12(15)19-13/h4-7H,1-3H3,(H5,14,15,16,17,18,19). The average molecular weight is 258 g/mol. The van der Waals surface area contributed by atoms with E-state index in [1.54, 1.807) is 0 Å². The highest BCUT2D eigenvalue weighted by molar-refractivity contribution is 5.61. The quantitative estimate of drug-likeness (QED) is 0.780. The number of aromatic nitrogens is 3. The zero-order chi connectivity index (χ0) is 14.0. The molecule has 0 aliphatic carbocycles. The van der Waals surface area contributed by atoms with Crippen LogP contribution >= 0.6 is 0 Å². The second-order valence-electron chi connectivity index (χ2n) is 4.75. The molecule has 0 amide bonds. The lowest BCUT2D eigenvalue weighted by Gasteiger charge is -2.14. The molecule has 0 aliphatic heterocycles. The third-order valence-electron chi connectivity index (χ3n) is 2.75. The average Bonchev–Trinajstić information content (AvgIpc) is 2.26. The number of hydrogen-bond acceptors (Lipinski definition) is 6. The first-order valence-electron chi connectivity index (χ1n) is 6.10. The monoisotopic (exact) mass is 258 g/mol. The first kappa shape index (κ1) is 13.1. The minimum Gasteiger partial charge on any atom is -0.368 e. The highest BCUT2D eigenvalue weighted by Crippen LogP contribution is 2.27. The van der Waals surface area contributed by atoms with Crippen molar-refractivity contribution in [3.63, 3.8) is 0 Å². The summed E-state index contributed by atoms with van der Waals surface area (Å²) in [5.41, 5.74) is 14.4. The molecule has 0 saturated carbocycles. The molecular weight excluding hydrogens is 240 g/mol. The van der Waals surface area contributed by atoms with Crippen molar-refractivity contribution in [1.82, 2.24) is 15.0 Å². The third-order valence-corrected chi connectivity index (χ3v) is 2.75. The maximum absolute atomic E-state index is 5.56. The van der Waals surface area contributed by atoms with Gasteiger partial charge in [-0.2, -0.15) is 15.0 Å². The molecule has 0 bridgehead atoms. The van der Waals surface area contributed by atoms with Crippen molar-refractivity contribution in [2.75, 3.05) is 16.8 Å². The van der Waals surface area contributed by atoms with Gasteiger partial charge in [-0.25, -0.2) is 0 Å². The molecule has 1 aromatic carbocycles. The van der Waals surface area contributed by atoms with Crippen LogP contribution < -0.4 is 16.8 Å². The predicted molar refractivity (Wildman–Crippen MR) is 77.2 cm³/mol. The summed E-state index contributed by atoms with van der Waals surface area (Å²) in [5, 5.41) is 3.15. The number of anilines is 4. The van der Waals surface area contributed by atoms with Crippen molar-refractivity contribution in [2.45, 2.75) is 26.7 Å². The third kappa shape index (κ3) is 3.09. The number of benzene rings is 1. The molecule has 2 rings (SSSR count). The van der Waals surface area contributed by atoms with Gasteiger partial charge in [-0.1, -0.05) is 26.0 Å². The van der Waals surface area contributed by atoms with Gasteiger partial charge in [0.25, 0.3) is 0 Å². The Balaban J connectivity index is 2.39. The van der Waals surface area contributed by atoms with Gasteiger partial charge in [0.05, 0.1) is 0 Å². The van der Waals surface area contributed by atoms with Crippen molar-refractivity contribution in [3.05, 3.63) is 29.3 Å². The molecule has 0 radical (unpaired) electrons. The molecule has 1 aromatic heterocycles. The van der Waals surface area contributed by atoms with Crippen LogP contribution in [0.1, 0.15) is 30.9 Å². The molecule has 6 nitrogen and oxygen atoms in total. The van der Waals surface area contributed by atoms with Crippen molar-refractivity contribution in [1.29, 1.82) is 0 Å². The van der Waals surface area contributed by atoms with E-state index in [0.717, 1.165) is 11.3 Å². The number of hydrogen-bond donors (Lipinski definition) is 3. The van der Waals surface area contributed by atoms with Gasteiger partial charge in [0.1, 0.15) is 0 Å². The second kappa shape index (κ2) is 5.09. The smallest absolute Gasteiger partial charge is 0.233 e. The van der Waals surface area contributed by atoms with Gasteiger partial charge >= 0.3 is 0 Å². The number of nitrogens with two attached hydrogens (primary N) is 2. The summed E-state index contributed by atoms with van der Waals surface area (Å²) in [7, 11) is 0. The van der Waals surface area contributed by atoms with Gasteiger partial charge in [-0.3, -0.25) is 0 Å². The maximum Gasteiger partial charge on any atom is 0.233 e. The fraction of sp³-hybridized carbons (Fsp3) is 0.308. The van der Waals surface area contributed by atoms with E-state index < -0.39 is 0 Å². The number of nitrogens with zero attached hydrogens (tertiary/aromatic N) is 3. The molecule has 100 valence electrons. The number of rotatable bonds is 3. The summed E-state index contributed by atoms with van der Waals surface area (Å²) in [6.07, 6.45) is 0. The van der Waals surface area contributed by atoms with Crippen LogP contribution in [0.3, 0.4) is 0 Å². The lowest BCUT2D eigenvalue weighted by Crippen LogP contribution is -2.07. The minimum atomic E-state index is 0.105. The van der Waals surface area contributed by atoms with Crippen LogP contribution in [0.15, 0.2) is 18.2 Å². The summed E-state index contributed by atoms with van der Waals surface area (Å²) >= 11 is 0. The van der Waals surface area contributed by atoms with Gasteiger partial charge in [-0.15, -0.1) is 0 Å². The lowest BCUT2D eigenvalue weighted by molar-refractivity contribution is 0.867. The van der Waals surface area contributed by atoms with Crippen LogP contribution in [0.25, 0.3) is 0 Å². The van der Waals surface area contributed by atoms with E-state index in [0.29, 0.717) is 11.9 Å². The molecule has 1 heterocycles. The highest BCUT2D eigenvalue weighted by Gasteiger charge is 2.09. The minimum absolute atomic E-state index is 0.105. The van der Waals surface area contributed by atoms with Crippen molar-refractivity contribution in [2.24, 2.45) is 0 Å². The van der Waals surface area contributed by atoms with E-state index in [9.17, 15) is 0 Å². The Kier molecular flexibility index (Phi) is 3.50. The molecule has 0 saturated heterocycles. The topological polar surface area (TPSA) is 103 Å². The highest BCUT2D eigenvalue weighted by atomic mass is 15.2. The molecule has 0 atom stereocenters. The Bertz CT molecular complexity index is 573. The van der Waals surface area contributed by atoms with E-state index in [-0.39, 0.29) is 11.9 Å². The SMILES string of the molecule is Cc1ccc(C(C)C)c(Nc2nc(N)nc(N)n2)c1.